The highest BCUT2D eigenvalue weighted by Gasteiger charge is 2.35. The summed E-state index contributed by atoms with van der Waals surface area (Å²) in [6.45, 7) is 0.729. The molecule has 5 heteroatoms. The molecule has 1 aliphatic rings. The van der Waals surface area contributed by atoms with Crippen LogP contribution in [0.4, 0.5) is 16.0 Å². The van der Waals surface area contributed by atoms with Crippen LogP contribution in [0.1, 0.15) is 31.2 Å². The van der Waals surface area contributed by atoms with E-state index in [9.17, 15) is 4.39 Å². The average molecular weight is 286 g/mol. The summed E-state index contributed by atoms with van der Waals surface area (Å²) in [5, 5.41) is 3.33. The molecule has 0 spiro atoms. The normalized spacial score (nSPS) is 16.8. The van der Waals surface area contributed by atoms with E-state index in [0.29, 0.717) is 11.6 Å². The van der Waals surface area contributed by atoms with Gasteiger partial charge in [0.1, 0.15) is 23.8 Å². The van der Waals surface area contributed by atoms with Gasteiger partial charge in [-0.15, -0.1) is 0 Å². The fourth-order valence-electron chi connectivity index (χ4n) is 3.17. The first-order valence-electron chi connectivity index (χ1n) is 7.25. The van der Waals surface area contributed by atoms with Crippen molar-refractivity contribution >= 4 is 11.6 Å². The Bertz CT molecular complexity index is 623. The van der Waals surface area contributed by atoms with E-state index in [-0.39, 0.29) is 11.2 Å². The van der Waals surface area contributed by atoms with Gasteiger partial charge >= 0.3 is 0 Å². The second-order valence-corrected chi connectivity index (χ2v) is 5.68. The number of nitrogens with one attached hydrogen (secondary N) is 1. The molecule has 1 aromatic carbocycles. The van der Waals surface area contributed by atoms with E-state index in [2.05, 4.69) is 15.3 Å². The van der Waals surface area contributed by atoms with Gasteiger partial charge in [-0.25, -0.2) is 14.4 Å². The minimum Gasteiger partial charge on any atom is -0.384 e. The maximum Gasteiger partial charge on any atom is 0.131 e. The summed E-state index contributed by atoms with van der Waals surface area (Å²) in [5.74, 6) is 0.981. The molecular weight excluding hydrogens is 267 g/mol. The minimum atomic E-state index is -0.176. The first kappa shape index (κ1) is 13.8. The fraction of sp³-hybridized carbons (Fsp3) is 0.375. The lowest BCUT2D eigenvalue weighted by molar-refractivity contribution is 0.462. The highest BCUT2D eigenvalue weighted by Crippen LogP contribution is 2.41. The second-order valence-electron chi connectivity index (χ2n) is 5.68. The number of halogens is 1. The van der Waals surface area contributed by atoms with Crippen LogP contribution in [0.25, 0.3) is 0 Å². The maximum absolute atomic E-state index is 13.5. The molecule has 4 nitrogen and oxygen atoms in total. The van der Waals surface area contributed by atoms with Gasteiger partial charge in [0.15, 0.2) is 0 Å². The van der Waals surface area contributed by atoms with Gasteiger partial charge in [-0.3, -0.25) is 0 Å². The molecule has 1 aliphatic carbocycles. The minimum absolute atomic E-state index is 0.0260. The number of anilines is 2. The molecule has 0 radical (unpaired) electrons. The largest absolute Gasteiger partial charge is 0.384 e. The zero-order chi connectivity index (χ0) is 14.7. The molecule has 0 atom stereocenters. The fourth-order valence-corrected chi connectivity index (χ4v) is 3.17. The average Bonchev–Trinajstić information content (AvgIpc) is 2.95. The molecular formula is C16H19FN4. The van der Waals surface area contributed by atoms with E-state index in [1.54, 1.807) is 18.2 Å². The van der Waals surface area contributed by atoms with Crippen LogP contribution in [0.15, 0.2) is 36.7 Å². The zero-order valence-corrected chi connectivity index (χ0v) is 11.8. The van der Waals surface area contributed by atoms with Gasteiger partial charge in [-0.2, -0.15) is 0 Å². The number of hydrogen-bond donors (Lipinski definition) is 2. The van der Waals surface area contributed by atoms with Crippen LogP contribution in [-0.2, 0) is 5.41 Å². The van der Waals surface area contributed by atoms with Gasteiger partial charge in [-0.1, -0.05) is 25.0 Å². The number of aromatic nitrogens is 2. The third kappa shape index (κ3) is 2.96. The molecule has 0 amide bonds. The third-order valence-electron chi connectivity index (χ3n) is 4.29. The van der Waals surface area contributed by atoms with E-state index in [1.165, 1.54) is 25.2 Å². The molecule has 1 heterocycles. The van der Waals surface area contributed by atoms with Crippen molar-refractivity contribution in [2.75, 3.05) is 17.6 Å². The Hall–Kier alpha value is -2.17. The zero-order valence-electron chi connectivity index (χ0n) is 11.8. The molecule has 110 valence electrons. The highest BCUT2D eigenvalue weighted by atomic mass is 19.1. The molecule has 3 N–H and O–H groups in total. The van der Waals surface area contributed by atoms with Crippen molar-refractivity contribution in [3.63, 3.8) is 0 Å². The smallest absolute Gasteiger partial charge is 0.131 e. The first-order chi connectivity index (χ1) is 10.2. The van der Waals surface area contributed by atoms with Crippen molar-refractivity contribution < 1.29 is 4.39 Å². The van der Waals surface area contributed by atoms with Gasteiger partial charge in [0.2, 0.25) is 0 Å². The van der Waals surface area contributed by atoms with Crippen molar-refractivity contribution in [2.24, 2.45) is 0 Å². The lowest BCUT2D eigenvalue weighted by Crippen LogP contribution is -2.31. The molecule has 1 aromatic heterocycles. The summed E-state index contributed by atoms with van der Waals surface area (Å²) in [6.07, 6.45) is 5.91. The van der Waals surface area contributed by atoms with Crippen molar-refractivity contribution in [2.45, 2.75) is 31.1 Å². The topological polar surface area (TPSA) is 63.8 Å². The van der Waals surface area contributed by atoms with Crippen LogP contribution in [-0.4, -0.2) is 16.5 Å². The predicted molar refractivity (Wildman–Crippen MR) is 81.5 cm³/mol. The quantitative estimate of drug-likeness (QED) is 0.906. The molecule has 2 aromatic rings. The number of nitrogens with zero attached hydrogens (tertiary/aromatic N) is 2. The van der Waals surface area contributed by atoms with E-state index >= 15 is 0 Å². The molecule has 0 saturated heterocycles. The molecule has 1 saturated carbocycles. The summed E-state index contributed by atoms with van der Waals surface area (Å²) in [5.41, 5.74) is 6.70. The van der Waals surface area contributed by atoms with Crippen molar-refractivity contribution in [1.29, 1.82) is 0 Å². The standard InChI is InChI=1S/C16H19FN4/c17-13-5-3-4-12(8-13)16(6-1-2-7-16)10-19-15-9-14(18)20-11-21-15/h3-5,8-9,11H,1-2,6-7,10H2,(H3,18,19,20,21). The van der Waals surface area contributed by atoms with Crippen molar-refractivity contribution in [3.8, 4) is 0 Å². The Balaban J connectivity index is 1.81. The molecule has 0 unspecified atom stereocenters. The lowest BCUT2D eigenvalue weighted by Gasteiger charge is -2.30. The van der Waals surface area contributed by atoms with Crippen LogP contribution in [0.3, 0.4) is 0 Å². The Labute approximate surface area is 123 Å². The number of rotatable bonds is 4. The van der Waals surface area contributed by atoms with E-state index < -0.39 is 0 Å². The number of nitrogens with two attached hydrogens (primary N) is 1. The Kier molecular flexibility index (Phi) is 3.73. The molecule has 0 aliphatic heterocycles. The summed E-state index contributed by atoms with van der Waals surface area (Å²) in [6, 6.07) is 8.66. The Morgan fingerprint density at radius 1 is 1.19 bits per heavy atom. The Morgan fingerprint density at radius 3 is 2.71 bits per heavy atom. The second kappa shape index (κ2) is 5.68. The molecule has 3 rings (SSSR count). The van der Waals surface area contributed by atoms with E-state index in [1.807, 2.05) is 6.07 Å². The summed E-state index contributed by atoms with van der Waals surface area (Å²) < 4.78 is 13.5. The maximum atomic E-state index is 13.5. The van der Waals surface area contributed by atoms with Crippen LogP contribution in [0.2, 0.25) is 0 Å². The number of hydrogen-bond acceptors (Lipinski definition) is 4. The highest BCUT2D eigenvalue weighted by molar-refractivity contribution is 5.44. The van der Waals surface area contributed by atoms with Gasteiger partial charge in [0.05, 0.1) is 0 Å². The van der Waals surface area contributed by atoms with Gasteiger partial charge in [-0.05, 0) is 30.5 Å². The van der Waals surface area contributed by atoms with Gasteiger partial charge < -0.3 is 11.1 Å². The summed E-state index contributed by atoms with van der Waals surface area (Å²) in [7, 11) is 0. The van der Waals surface area contributed by atoms with E-state index in [0.717, 1.165) is 24.9 Å². The van der Waals surface area contributed by atoms with Crippen LogP contribution in [0.5, 0.6) is 0 Å². The van der Waals surface area contributed by atoms with Crippen LogP contribution >= 0.6 is 0 Å². The van der Waals surface area contributed by atoms with Gasteiger partial charge in [0, 0.05) is 18.0 Å². The monoisotopic (exact) mass is 286 g/mol. The summed E-state index contributed by atoms with van der Waals surface area (Å²) >= 11 is 0. The predicted octanol–water partition coefficient (Wildman–Crippen LogP) is 3.12. The number of benzene rings is 1. The van der Waals surface area contributed by atoms with Crippen LogP contribution in [0, 0.1) is 5.82 Å². The molecule has 1 fully saturated rings. The summed E-state index contributed by atoms with van der Waals surface area (Å²) in [4.78, 5) is 8.05. The van der Waals surface area contributed by atoms with Crippen LogP contribution < -0.4 is 11.1 Å². The Morgan fingerprint density at radius 2 is 2.00 bits per heavy atom. The molecule has 21 heavy (non-hydrogen) atoms. The number of nitrogen functional groups attached to an aromatic ring is 1. The molecule has 0 bridgehead atoms. The first-order valence-corrected chi connectivity index (χ1v) is 7.25. The third-order valence-corrected chi connectivity index (χ3v) is 4.29. The van der Waals surface area contributed by atoms with Crippen molar-refractivity contribution in [3.05, 3.63) is 48.0 Å². The van der Waals surface area contributed by atoms with Crippen molar-refractivity contribution in [1.82, 2.24) is 9.97 Å². The lowest BCUT2D eigenvalue weighted by atomic mass is 9.79. The van der Waals surface area contributed by atoms with Gasteiger partial charge in [0.25, 0.3) is 0 Å². The SMILES string of the molecule is Nc1cc(NCC2(c3cccc(F)c3)CCCC2)ncn1. The van der Waals surface area contributed by atoms with E-state index in [4.69, 9.17) is 5.73 Å².